The molecule has 144 valence electrons. The molecule has 0 saturated heterocycles. The van der Waals surface area contributed by atoms with Crippen molar-refractivity contribution in [2.24, 2.45) is 0 Å². The van der Waals surface area contributed by atoms with Gasteiger partial charge in [0.05, 0.1) is 6.33 Å². The van der Waals surface area contributed by atoms with E-state index in [1.54, 1.807) is 12.5 Å². The quantitative estimate of drug-likeness (QED) is 0.703. The van der Waals surface area contributed by atoms with Crippen LogP contribution < -0.4 is 20.1 Å². The molecule has 0 atom stereocenters. The van der Waals surface area contributed by atoms with Crippen molar-refractivity contribution in [1.82, 2.24) is 14.9 Å². The van der Waals surface area contributed by atoms with Crippen LogP contribution in [0, 0.1) is 0 Å². The highest BCUT2D eigenvalue weighted by atomic mass is 19.3. The minimum absolute atomic E-state index is 0.0793. The number of anilines is 1. The first-order valence-electron chi connectivity index (χ1n) is 8.46. The topological polar surface area (TPSA) is 77.4 Å². The SMILES string of the molecule is O=C(NCc1ccccc1Cn1ccnc1)Nc1ccc2c(c1)OC(F)(F)O2. The maximum Gasteiger partial charge on any atom is 0.586 e. The Morgan fingerprint density at radius 1 is 1.11 bits per heavy atom. The summed E-state index contributed by atoms with van der Waals surface area (Å²) in [7, 11) is 0. The lowest BCUT2D eigenvalue weighted by atomic mass is 10.1. The first-order chi connectivity index (χ1) is 13.5. The molecule has 0 aliphatic carbocycles. The minimum Gasteiger partial charge on any atom is -0.395 e. The third-order valence-corrected chi connectivity index (χ3v) is 4.13. The number of benzene rings is 2. The average molecular weight is 386 g/mol. The van der Waals surface area contributed by atoms with Crippen LogP contribution in [0.15, 0.2) is 61.2 Å². The van der Waals surface area contributed by atoms with Gasteiger partial charge in [-0.3, -0.25) is 0 Å². The van der Waals surface area contributed by atoms with Gasteiger partial charge in [-0.05, 0) is 23.3 Å². The van der Waals surface area contributed by atoms with Gasteiger partial charge >= 0.3 is 12.3 Å². The molecule has 28 heavy (non-hydrogen) atoms. The predicted molar refractivity (Wildman–Crippen MR) is 96.3 cm³/mol. The lowest BCUT2D eigenvalue weighted by Gasteiger charge is -2.12. The fourth-order valence-corrected chi connectivity index (χ4v) is 2.84. The van der Waals surface area contributed by atoms with Gasteiger partial charge in [-0.2, -0.15) is 0 Å². The molecular weight excluding hydrogens is 370 g/mol. The zero-order valence-corrected chi connectivity index (χ0v) is 14.6. The average Bonchev–Trinajstić information content (AvgIpc) is 3.26. The molecular formula is C19H16F2N4O3. The summed E-state index contributed by atoms with van der Waals surface area (Å²) < 4.78 is 36.8. The Hall–Kier alpha value is -3.62. The van der Waals surface area contributed by atoms with E-state index in [0.29, 0.717) is 18.8 Å². The van der Waals surface area contributed by atoms with Crippen LogP contribution >= 0.6 is 0 Å². The van der Waals surface area contributed by atoms with Crippen LogP contribution in [0.2, 0.25) is 0 Å². The molecule has 0 radical (unpaired) electrons. The summed E-state index contributed by atoms with van der Waals surface area (Å²) in [5.74, 6) is -0.210. The van der Waals surface area contributed by atoms with Crippen molar-refractivity contribution < 1.29 is 23.0 Å². The number of hydrogen-bond donors (Lipinski definition) is 2. The Morgan fingerprint density at radius 3 is 2.68 bits per heavy atom. The second-order valence-corrected chi connectivity index (χ2v) is 6.14. The number of imidazole rings is 1. The number of amides is 2. The van der Waals surface area contributed by atoms with Crippen molar-refractivity contribution in [3.63, 3.8) is 0 Å². The van der Waals surface area contributed by atoms with Gasteiger partial charge in [0.2, 0.25) is 0 Å². The van der Waals surface area contributed by atoms with E-state index in [-0.39, 0.29) is 11.5 Å². The lowest BCUT2D eigenvalue weighted by molar-refractivity contribution is -0.286. The molecule has 1 aliphatic heterocycles. The Morgan fingerprint density at radius 2 is 1.89 bits per heavy atom. The van der Waals surface area contributed by atoms with Gasteiger partial charge in [0.1, 0.15) is 0 Å². The predicted octanol–water partition coefficient (Wildman–Crippen LogP) is 3.57. The Balaban J connectivity index is 1.37. The maximum absolute atomic E-state index is 13.1. The molecule has 2 N–H and O–H groups in total. The van der Waals surface area contributed by atoms with Crippen LogP contribution in [0.4, 0.5) is 19.3 Å². The Bertz CT molecular complexity index is 993. The fourth-order valence-electron chi connectivity index (χ4n) is 2.84. The number of ether oxygens (including phenoxy) is 2. The molecule has 0 bridgehead atoms. The number of nitrogens with one attached hydrogen (secondary N) is 2. The summed E-state index contributed by atoms with van der Waals surface area (Å²) in [6.45, 7) is 0.940. The molecule has 0 spiro atoms. The van der Waals surface area contributed by atoms with Gasteiger partial charge in [-0.15, -0.1) is 8.78 Å². The summed E-state index contributed by atoms with van der Waals surface area (Å²) in [6, 6.07) is 11.3. The highest BCUT2D eigenvalue weighted by Crippen LogP contribution is 2.42. The van der Waals surface area contributed by atoms with Crippen LogP contribution in [0.5, 0.6) is 11.5 Å². The van der Waals surface area contributed by atoms with Crippen molar-refractivity contribution in [3.05, 3.63) is 72.3 Å². The van der Waals surface area contributed by atoms with Gasteiger partial charge in [0.15, 0.2) is 11.5 Å². The first-order valence-corrected chi connectivity index (χ1v) is 8.46. The molecule has 0 unspecified atom stereocenters. The van der Waals surface area contributed by atoms with Crippen molar-refractivity contribution >= 4 is 11.7 Å². The first kappa shape index (κ1) is 17.8. The summed E-state index contributed by atoms with van der Waals surface area (Å²) in [5, 5.41) is 5.34. The monoisotopic (exact) mass is 386 g/mol. The zero-order chi connectivity index (χ0) is 19.6. The molecule has 0 saturated carbocycles. The number of halogens is 2. The summed E-state index contributed by atoms with van der Waals surface area (Å²) in [6.07, 6.45) is 1.60. The van der Waals surface area contributed by atoms with E-state index in [9.17, 15) is 13.6 Å². The number of fused-ring (bicyclic) bond motifs is 1. The van der Waals surface area contributed by atoms with Gasteiger partial charge in [0.25, 0.3) is 0 Å². The Kier molecular flexibility index (Phi) is 4.56. The molecule has 2 heterocycles. The minimum atomic E-state index is -3.69. The molecule has 3 aromatic rings. The second-order valence-electron chi connectivity index (χ2n) is 6.14. The Labute approximate surface area is 158 Å². The summed E-state index contributed by atoms with van der Waals surface area (Å²) >= 11 is 0. The van der Waals surface area contributed by atoms with Gasteiger partial charge in [-0.25, -0.2) is 9.78 Å². The van der Waals surface area contributed by atoms with Crippen LogP contribution in [0.25, 0.3) is 0 Å². The van der Waals surface area contributed by atoms with E-state index in [2.05, 4.69) is 25.1 Å². The number of alkyl halides is 2. The van der Waals surface area contributed by atoms with Gasteiger partial charge in [0, 0.05) is 37.2 Å². The fraction of sp³-hybridized carbons (Fsp3) is 0.158. The second kappa shape index (κ2) is 7.18. The summed E-state index contributed by atoms with van der Waals surface area (Å²) in [4.78, 5) is 16.2. The van der Waals surface area contributed by atoms with Crippen molar-refractivity contribution in [2.45, 2.75) is 19.4 Å². The normalized spacial score (nSPS) is 13.9. The largest absolute Gasteiger partial charge is 0.586 e. The number of aromatic nitrogens is 2. The van der Waals surface area contributed by atoms with Gasteiger partial charge < -0.3 is 24.7 Å². The van der Waals surface area contributed by atoms with E-state index < -0.39 is 12.3 Å². The van der Waals surface area contributed by atoms with Crippen LogP contribution in [-0.4, -0.2) is 21.9 Å². The highest BCUT2D eigenvalue weighted by Gasteiger charge is 2.43. The smallest absolute Gasteiger partial charge is 0.395 e. The van der Waals surface area contributed by atoms with Crippen molar-refractivity contribution in [3.8, 4) is 11.5 Å². The highest BCUT2D eigenvalue weighted by molar-refractivity contribution is 5.89. The van der Waals surface area contributed by atoms with Crippen molar-refractivity contribution in [2.75, 3.05) is 5.32 Å². The van der Waals surface area contributed by atoms with E-state index in [1.165, 1.54) is 18.2 Å². The molecule has 2 aromatic carbocycles. The number of carbonyl (C=O) groups is 1. The van der Waals surface area contributed by atoms with E-state index >= 15 is 0 Å². The van der Waals surface area contributed by atoms with Crippen LogP contribution in [0.1, 0.15) is 11.1 Å². The third-order valence-electron chi connectivity index (χ3n) is 4.13. The van der Waals surface area contributed by atoms with E-state index in [1.807, 2.05) is 35.0 Å². The molecule has 4 rings (SSSR count). The van der Waals surface area contributed by atoms with Crippen molar-refractivity contribution in [1.29, 1.82) is 0 Å². The number of nitrogens with zero attached hydrogens (tertiary/aromatic N) is 2. The van der Waals surface area contributed by atoms with Gasteiger partial charge in [-0.1, -0.05) is 24.3 Å². The lowest BCUT2D eigenvalue weighted by Crippen LogP contribution is -2.28. The van der Waals surface area contributed by atoms with E-state index in [4.69, 9.17) is 0 Å². The zero-order valence-electron chi connectivity index (χ0n) is 14.6. The molecule has 7 nitrogen and oxygen atoms in total. The standard InChI is InChI=1S/C19H16F2N4O3/c20-19(21)27-16-6-5-15(9-17(16)28-19)24-18(26)23-10-13-3-1-2-4-14(13)11-25-8-7-22-12-25/h1-9,12H,10-11H2,(H2,23,24,26). The molecule has 9 heteroatoms. The van der Waals surface area contributed by atoms with E-state index in [0.717, 1.165) is 11.1 Å². The number of urea groups is 1. The number of hydrogen-bond acceptors (Lipinski definition) is 4. The maximum atomic E-state index is 13.1. The summed E-state index contributed by atoms with van der Waals surface area (Å²) in [5.41, 5.74) is 2.31. The third kappa shape index (κ3) is 4.03. The molecule has 1 aromatic heterocycles. The number of rotatable bonds is 5. The molecule has 2 amide bonds. The van der Waals surface area contributed by atoms with Crippen LogP contribution in [-0.2, 0) is 13.1 Å². The number of carbonyl (C=O) groups excluding carboxylic acids is 1. The molecule has 0 fully saturated rings. The molecule has 1 aliphatic rings. The van der Waals surface area contributed by atoms with Crippen LogP contribution in [0.3, 0.4) is 0 Å².